The van der Waals surface area contributed by atoms with Gasteiger partial charge in [-0.3, -0.25) is 53.6 Å². The fraction of sp³-hybridized carbons (Fsp3) is 0.717. The molecule has 0 bridgehead atoms. The molecule has 2 fully saturated rings. The highest BCUT2D eigenvalue weighted by molar-refractivity contribution is 5.89. The van der Waals surface area contributed by atoms with Crippen LogP contribution in [-0.2, 0) is 87.9 Å². The zero-order valence-electron chi connectivity index (χ0n) is 52.3. The Morgan fingerprint density at radius 2 is 1.24 bits per heavy atom. The zero-order valence-corrected chi connectivity index (χ0v) is 52.3. The van der Waals surface area contributed by atoms with E-state index in [-0.39, 0.29) is 125 Å². The summed E-state index contributed by atoms with van der Waals surface area (Å²) in [5, 5.41) is 45.3. The molecule has 4 heterocycles. The van der Waals surface area contributed by atoms with Crippen molar-refractivity contribution >= 4 is 42.0 Å². The first-order valence-electron chi connectivity index (χ1n) is 30.4. The summed E-state index contributed by atoms with van der Waals surface area (Å²) in [6, 6.07) is -2.08. The van der Waals surface area contributed by atoms with E-state index in [2.05, 4.69) is 79.2 Å². The molecule has 0 radical (unpaired) electrons. The molecule has 9 atom stereocenters. The number of aliphatic carboxylic acids is 1. The Morgan fingerprint density at radius 3 is 1.74 bits per heavy atom. The fourth-order valence-electron chi connectivity index (χ4n) is 11.1. The lowest BCUT2D eigenvalue weighted by molar-refractivity contribution is -0.140. The molecular formula is C60H97N13O14. The molecule has 27 nitrogen and oxygen atoms in total. The molecule has 7 N–H and O–H groups in total. The molecule has 2 aliphatic rings. The maximum Gasteiger partial charge on any atom is 0.320 e. The van der Waals surface area contributed by atoms with Crippen LogP contribution in [-0.4, -0.2) is 210 Å². The third kappa shape index (κ3) is 25.5. The van der Waals surface area contributed by atoms with E-state index in [1.165, 1.54) is 9.36 Å². The summed E-state index contributed by atoms with van der Waals surface area (Å²) in [6.45, 7) is 16.5. The van der Waals surface area contributed by atoms with E-state index in [4.69, 9.17) is 34.8 Å². The van der Waals surface area contributed by atoms with E-state index in [0.717, 1.165) is 24.2 Å². The van der Waals surface area contributed by atoms with E-state index in [1.807, 2.05) is 52.0 Å². The number of carboxylic acid groups (broad SMARTS) is 1. The van der Waals surface area contributed by atoms with E-state index in [1.54, 1.807) is 19.5 Å². The number of rotatable bonds is 45. The molecule has 27 heteroatoms. The number of nitrogens with one attached hydrogen (secondary N) is 6. The van der Waals surface area contributed by atoms with Gasteiger partial charge in [-0.15, -0.1) is 16.6 Å². The van der Waals surface area contributed by atoms with E-state index in [0.29, 0.717) is 70.0 Å². The molecule has 2 aliphatic heterocycles. The molecule has 0 aliphatic carbocycles. The Morgan fingerprint density at radius 1 is 0.736 bits per heavy atom. The maximum atomic E-state index is 13.6. The van der Waals surface area contributed by atoms with Crippen molar-refractivity contribution in [2.75, 3.05) is 86.1 Å². The first-order chi connectivity index (χ1) is 41.8. The molecule has 2 aromatic heterocycles. The lowest BCUT2D eigenvalue weighted by Gasteiger charge is -2.42. The van der Waals surface area contributed by atoms with Gasteiger partial charge in [-0.25, -0.2) is 0 Å². The van der Waals surface area contributed by atoms with Crippen molar-refractivity contribution in [1.82, 2.24) is 66.8 Å². The normalized spacial score (nSPS) is 19.9. The number of ether oxygens (including phenoxy) is 6. The highest BCUT2D eigenvalue weighted by Gasteiger charge is 2.48. The van der Waals surface area contributed by atoms with Crippen LogP contribution in [0.1, 0.15) is 118 Å². The number of terminal acetylenes is 1. The summed E-state index contributed by atoms with van der Waals surface area (Å²) in [5.41, 5.74) is 0.0526. The Labute approximate surface area is 512 Å². The summed E-state index contributed by atoms with van der Waals surface area (Å²) >= 11 is 0. The predicted octanol–water partition coefficient (Wildman–Crippen LogP) is 1.65. The zero-order chi connectivity index (χ0) is 63.6. The van der Waals surface area contributed by atoms with Crippen LogP contribution in [0.2, 0.25) is 0 Å². The molecule has 87 heavy (non-hydrogen) atoms. The molecule has 0 aromatic carbocycles. The van der Waals surface area contributed by atoms with Gasteiger partial charge in [0.25, 0.3) is 6.47 Å². The Bertz CT molecular complexity index is 2540. The van der Waals surface area contributed by atoms with Crippen molar-refractivity contribution in [3.63, 3.8) is 0 Å². The van der Waals surface area contributed by atoms with E-state index >= 15 is 0 Å². The van der Waals surface area contributed by atoms with Gasteiger partial charge in [-0.1, -0.05) is 81.2 Å². The van der Waals surface area contributed by atoms with Crippen molar-refractivity contribution in [3.8, 4) is 12.3 Å². The molecular weight excluding hydrogens is 1130 g/mol. The minimum Gasteiger partial charge on any atom is -0.480 e. The van der Waals surface area contributed by atoms with Gasteiger partial charge in [0.15, 0.2) is 6.23 Å². The monoisotopic (exact) mass is 1220 g/mol. The van der Waals surface area contributed by atoms with Crippen molar-refractivity contribution in [1.29, 1.82) is 0 Å². The number of aryl methyl sites for hydroxylation is 2. The topological polar surface area (TPSA) is 332 Å². The smallest absolute Gasteiger partial charge is 0.320 e. The third-order valence-corrected chi connectivity index (χ3v) is 15.5. The van der Waals surface area contributed by atoms with Crippen molar-refractivity contribution in [2.24, 2.45) is 17.3 Å². The van der Waals surface area contributed by atoms with Gasteiger partial charge in [-0.2, -0.15) is 0 Å². The number of allylic oxidation sites excluding steroid dienone is 2. The fourth-order valence-corrected chi connectivity index (χ4v) is 11.1. The number of amides is 5. The van der Waals surface area contributed by atoms with Crippen LogP contribution in [0.5, 0.6) is 0 Å². The maximum absolute atomic E-state index is 13.6. The molecule has 486 valence electrons. The van der Waals surface area contributed by atoms with Gasteiger partial charge in [0.05, 0.1) is 88.8 Å². The highest BCUT2D eigenvalue weighted by Crippen LogP contribution is 2.36. The SMILES string of the molecule is C#CCOCCOCCOCCOCCC(=O)N(CC(=O)NCCn1cc(CCC(=O)N[C@H]([C@@H]2N[C@@H](C(=O)O)C[C@H]2/C=C\C)C(C)(C)CCC)nn1)CC(=O)NCCn1cc(CCC(=O)N[C@H]([C@@H]2N[C@@H](OC=O)C[C@H]2/C=C\C)[C@](C)(CCC)OC)nn1. The molecule has 2 aromatic rings. The Balaban J connectivity index is 1.29. The first-order valence-corrected chi connectivity index (χ1v) is 30.4. The summed E-state index contributed by atoms with van der Waals surface area (Å²) in [4.78, 5) is 91.8. The Kier molecular flexibility index (Phi) is 32.9. The number of hydrogen-bond acceptors (Lipinski definition) is 19. The Hall–Kier alpha value is -6.67. The summed E-state index contributed by atoms with van der Waals surface area (Å²) in [5.74, 6) is -0.590. The van der Waals surface area contributed by atoms with Crippen LogP contribution in [0.15, 0.2) is 36.7 Å². The first kappa shape index (κ1) is 72.8. The average molecular weight is 1220 g/mol. The highest BCUT2D eigenvalue weighted by atomic mass is 16.6. The van der Waals surface area contributed by atoms with Crippen LogP contribution in [0.3, 0.4) is 0 Å². The van der Waals surface area contributed by atoms with Crippen LogP contribution in [0.4, 0.5) is 0 Å². The van der Waals surface area contributed by atoms with Gasteiger partial charge in [0, 0.05) is 82.8 Å². The number of nitrogens with zero attached hydrogens (tertiary/aromatic N) is 7. The number of carbonyl (C=O) groups is 7. The third-order valence-electron chi connectivity index (χ3n) is 15.5. The lowest BCUT2D eigenvalue weighted by Crippen LogP contribution is -2.62. The predicted molar refractivity (Wildman–Crippen MR) is 321 cm³/mol. The minimum atomic E-state index is -0.920. The van der Waals surface area contributed by atoms with Crippen LogP contribution < -0.4 is 31.9 Å². The molecule has 0 spiro atoms. The van der Waals surface area contributed by atoms with Crippen molar-refractivity contribution < 1.29 is 67.1 Å². The van der Waals surface area contributed by atoms with Gasteiger partial charge in [0.1, 0.15) is 25.7 Å². The second kappa shape index (κ2) is 39.3. The van der Waals surface area contributed by atoms with E-state index < -0.39 is 60.7 Å². The molecule has 0 unspecified atom stereocenters. The van der Waals surface area contributed by atoms with Gasteiger partial charge < -0.3 is 59.7 Å². The number of carboxylic acids is 1. The minimum absolute atomic E-state index is 0.00989. The second-order valence-corrected chi connectivity index (χ2v) is 22.7. The lowest BCUT2D eigenvalue weighted by atomic mass is 9.74. The number of hydrogen-bond donors (Lipinski definition) is 7. The number of aromatic nitrogens is 6. The summed E-state index contributed by atoms with van der Waals surface area (Å²) in [6.07, 6.45) is 20.8. The summed E-state index contributed by atoms with van der Waals surface area (Å²) < 4.78 is 36.1. The number of methoxy groups -OCH3 is 1. The molecule has 4 rings (SSSR count). The molecule has 0 saturated carbocycles. The molecule has 2 saturated heterocycles. The van der Waals surface area contributed by atoms with Crippen LogP contribution in [0.25, 0.3) is 0 Å². The largest absolute Gasteiger partial charge is 0.480 e. The van der Waals surface area contributed by atoms with Gasteiger partial charge in [0.2, 0.25) is 29.5 Å². The second-order valence-electron chi connectivity index (χ2n) is 22.7. The quantitative estimate of drug-likeness (QED) is 0.0215. The van der Waals surface area contributed by atoms with Crippen molar-refractivity contribution in [2.45, 2.75) is 174 Å². The van der Waals surface area contributed by atoms with E-state index in [9.17, 15) is 38.7 Å². The standard InChI is InChI=1S/C60H97N13O14/c1-10-15-43-36-47(58(80)81)63-54(43)56(59(6,7)22-12-3)64-48(75)19-17-45-38-72(69-67-45)26-24-61-50(77)40-71(53(79)21-29-84-31-33-86-35-34-85-32-30-83-28-14-5)41-51(78)62-25-27-73-39-46(68-70-73)18-20-49(76)65-57(60(8,82-9)23-13-4)55-44(16-11-2)37-52(66-55)87-42-74/h5,10-11,15-16,38-39,42-44,47,52,54-57,63,66H,12-13,17-37,40-41H2,1-4,6-9H3,(H,61,77)(H,62,78)(H,64,75)(H,65,76)(H,80,81)/b15-10-,16-11-/t43-,44-,47-,52+,54-,55-,56-,57-,60+/m1/s1. The van der Waals surface area contributed by atoms with Gasteiger partial charge >= 0.3 is 5.97 Å². The molecule has 5 amide bonds. The van der Waals surface area contributed by atoms with Gasteiger partial charge in [-0.05, 0) is 57.3 Å². The van der Waals surface area contributed by atoms with Crippen LogP contribution >= 0.6 is 0 Å². The summed E-state index contributed by atoms with van der Waals surface area (Å²) in [7, 11) is 1.63. The number of carbonyl (C=O) groups excluding carboxylic acids is 6. The average Bonchev–Trinajstić information content (AvgIpc) is 1.92. The van der Waals surface area contributed by atoms with Crippen LogP contribution in [0, 0.1) is 29.6 Å². The van der Waals surface area contributed by atoms with Crippen molar-refractivity contribution in [3.05, 3.63) is 48.1 Å².